The highest BCUT2D eigenvalue weighted by atomic mass is 16.6. The molecule has 1 saturated carbocycles. The fourth-order valence-electron chi connectivity index (χ4n) is 2.31. The van der Waals surface area contributed by atoms with Crippen LogP contribution in [-0.4, -0.2) is 23.3 Å². The van der Waals surface area contributed by atoms with Crippen molar-refractivity contribution in [2.24, 2.45) is 5.92 Å². The molecule has 0 aromatic carbocycles. The van der Waals surface area contributed by atoms with Crippen molar-refractivity contribution in [3.63, 3.8) is 0 Å². The molecule has 0 amide bonds. The SMILES string of the molecule is O=C1C=CC(O)OC1C1CCCCC1. The minimum atomic E-state index is -0.889. The Morgan fingerprint density at radius 1 is 1.29 bits per heavy atom. The molecule has 3 heteroatoms. The predicted molar refractivity (Wildman–Crippen MR) is 51.6 cm³/mol. The van der Waals surface area contributed by atoms with E-state index in [1.807, 2.05) is 0 Å². The summed E-state index contributed by atoms with van der Waals surface area (Å²) in [6.45, 7) is 0. The van der Waals surface area contributed by atoms with Crippen LogP contribution in [0.4, 0.5) is 0 Å². The second kappa shape index (κ2) is 4.24. The van der Waals surface area contributed by atoms with Crippen LogP contribution >= 0.6 is 0 Å². The lowest BCUT2D eigenvalue weighted by Gasteiger charge is -2.31. The summed E-state index contributed by atoms with van der Waals surface area (Å²) in [7, 11) is 0. The maximum absolute atomic E-state index is 11.5. The van der Waals surface area contributed by atoms with Crippen molar-refractivity contribution in [1.82, 2.24) is 0 Å². The first kappa shape index (κ1) is 9.87. The molecule has 0 aromatic rings. The van der Waals surface area contributed by atoms with E-state index in [0.717, 1.165) is 12.8 Å². The van der Waals surface area contributed by atoms with E-state index in [4.69, 9.17) is 4.74 Å². The fraction of sp³-hybridized carbons (Fsp3) is 0.727. The maximum Gasteiger partial charge on any atom is 0.184 e. The van der Waals surface area contributed by atoms with Crippen molar-refractivity contribution in [3.05, 3.63) is 12.2 Å². The van der Waals surface area contributed by atoms with Gasteiger partial charge in [-0.1, -0.05) is 19.3 Å². The number of rotatable bonds is 1. The molecule has 2 unspecified atom stereocenters. The van der Waals surface area contributed by atoms with Crippen LogP contribution in [0.2, 0.25) is 0 Å². The molecule has 3 nitrogen and oxygen atoms in total. The molecule has 78 valence electrons. The molecular formula is C11H16O3. The van der Waals surface area contributed by atoms with Gasteiger partial charge in [-0.2, -0.15) is 0 Å². The Morgan fingerprint density at radius 3 is 2.71 bits per heavy atom. The predicted octanol–water partition coefficient (Wildman–Crippen LogP) is 1.41. The molecule has 1 N–H and O–H groups in total. The molecule has 0 radical (unpaired) electrons. The van der Waals surface area contributed by atoms with Crippen LogP contribution in [0, 0.1) is 5.92 Å². The molecule has 1 aliphatic carbocycles. The molecule has 0 saturated heterocycles. The van der Waals surface area contributed by atoms with Gasteiger partial charge in [0.1, 0.15) is 6.10 Å². The normalized spacial score (nSPS) is 34.8. The Labute approximate surface area is 83.8 Å². The monoisotopic (exact) mass is 196 g/mol. The van der Waals surface area contributed by atoms with Crippen LogP contribution in [0.15, 0.2) is 12.2 Å². The zero-order valence-electron chi connectivity index (χ0n) is 8.19. The minimum Gasteiger partial charge on any atom is -0.365 e. The number of ether oxygens (including phenoxy) is 1. The molecule has 2 atom stereocenters. The first-order valence-electron chi connectivity index (χ1n) is 5.33. The molecule has 2 aliphatic rings. The van der Waals surface area contributed by atoms with E-state index >= 15 is 0 Å². The van der Waals surface area contributed by atoms with Gasteiger partial charge in [0.25, 0.3) is 0 Å². The topological polar surface area (TPSA) is 46.5 Å². The van der Waals surface area contributed by atoms with Crippen LogP contribution in [-0.2, 0) is 9.53 Å². The lowest BCUT2D eigenvalue weighted by atomic mass is 9.83. The molecule has 1 aliphatic heterocycles. The molecule has 14 heavy (non-hydrogen) atoms. The molecule has 0 bridgehead atoms. The van der Waals surface area contributed by atoms with Gasteiger partial charge in [0.15, 0.2) is 12.1 Å². The van der Waals surface area contributed by atoms with Crippen LogP contribution in [0.1, 0.15) is 32.1 Å². The summed E-state index contributed by atoms with van der Waals surface area (Å²) in [6, 6.07) is 0. The van der Waals surface area contributed by atoms with Gasteiger partial charge in [-0.3, -0.25) is 4.79 Å². The van der Waals surface area contributed by atoms with Gasteiger partial charge in [-0.05, 0) is 30.9 Å². The number of carbonyl (C=O) groups excluding carboxylic acids is 1. The zero-order chi connectivity index (χ0) is 9.97. The second-order valence-electron chi connectivity index (χ2n) is 4.11. The van der Waals surface area contributed by atoms with Crippen LogP contribution in [0.3, 0.4) is 0 Å². The van der Waals surface area contributed by atoms with E-state index in [1.165, 1.54) is 31.4 Å². The third kappa shape index (κ3) is 2.04. The number of hydrogen-bond acceptors (Lipinski definition) is 3. The summed E-state index contributed by atoms with van der Waals surface area (Å²) < 4.78 is 5.26. The average molecular weight is 196 g/mol. The van der Waals surface area contributed by atoms with E-state index in [1.54, 1.807) is 0 Å². The molecule has 0 spiro atoms. The lowest BCUT2D eigenvalue weighted by Crippen LogP contribution is -2.38. The number of ketones is 1. The summed E-state index contributed by atoms with van der Waals surface area (Å²) in [4.78, 5) is 11.5. The number of aliphatic hydroxyl groups is 1. The first-order valence-corrected chi connectivity index (χ1v) is 5.33. The van der Waals surface area contributed by atoms with Gasteiger partial charge < -0.3 is 9.84 Å². The van der Waals surface area contributed by atoms with Gasteiger partial charge in [0.2, 0.25) is 0 Å². The summed E-state index contributed by atoms with van der Waals surface area (Å²) in [5.41, 5.74) is 0. The van der Waals surface area contributed by atoms with E-state index in [2.05, 4.69) is 0 Å². The van der Waals surface area contributed by atoms with E-state index in [0.29, 0.717) is 5.92 Å². The number of carbonyl (C=O) groups is 1. The molecule has 2 rings (SSSR count). The Kier molecular flexibility index (Phi) is 2.99. The Morgan fingerprint density at radius 2 is 2.00 bits per heavy atom. The molecule has 0 aromatic heterocycles. The van der Waals surface area contributed by atoms with E-state index in [-0.39, 0.29) is 5.78 Å². The van der Waals surface area contributed by atoms with Crippen molar-refractivity contribution >= 4 is 5.78 Å². The van der Waals surface area contributed by atoms with Gasteiger partial charge in [-0.15, -0.1) is 0 Å². The first-order chi connectivity index (χ1) is 6.77. The summed E-state index contributed by atoms with van der Waals surface area (Å²) in [5.74, 6) is 0.332. The van der Waals surface area contributed by atoms with E-state index in [9.17, 15) is 9.90 Å². The third-order valence-electron chi connectivity index (χ3n) is 3.07. The van der Waals surface area contributed by atoms with Crippen molar-refractivity contribution in [3.8, 4) is 0 Å². The van der Waals surface area contributed by atoms with Crippen LogP contribution in [0.5, 0.6) is 0 Å². The smallest absolute Gasteiger partial charge is 0.184 e. The van der Waals surface area contributed by atoms with Crippen molar-refractivity contribution in [2.45, 2.75) is 44.5 Å². The summed E-state index contributed by atoms with van der Waals surface area (Å²) >= 11 is 0. The van der Waals surface area contributed by atoms with Crippen molar-refractivity contribution < 1.29 is 14.6 Å². The second-order valence-corrected chi connectivity index (χ2v) is 4.11. The highest BCUT2D eigenvalue weighted by Gasteiger charge is 2.32. The Bertz CT molecular complexity index is 241. The molecule has 1 heterocycles. The minimum absolute atomic E-state index is 0.0159. The fourth-order valence-corrected chi connectivity index (χ4v) is 2.31. The van der Waals surface area contributed by atoms with Crippen LogP contribution in [0.25, 0.3) is 0 Å². The quantitative estimate of drug-likeness (QED) is 0.689. The number of hydrogen-bond donors (Lipinski definition) is 1. The van der Waals surface area contributed by atoms with Gasteiger partial charge >= 0.3 is 0 Å². The van der Waals surface area contributed by atoms with Crippen LogP contribution < -0.4 is 0 Å². The summed E-state index contributed by atoms with van der Waals surface area (Å²) in [6.07, 6.45) is 7.29. The highest BCUT2D eigenvalue weighted by Crippen LogP contribution is 2.30. The third-order valence-corrected chi connectivity index (χ3v) is 3.07. The molecule has 1 fully saturated rings. The largest absolute Gasteiger partial charge is 0.365 e. The Hall–Kier alpha value is -0.670. The average Bonchev–Trinajstić information content (AvgIpc) is 2.23. The van der Waals surface area contributed by atoms with Crippen molar-refractivity contribution in [2.75, 3.05) is 0 Å². The van der Waals surface area contributed by atoms with Crippen molar-refractivity contribution in [1.29, 1.82) is 0 Å². The zero-order valence-corrected chi connectivity index (χ0v) is 8.19. The Balaban J connectivity index is 2.01. The standard InChI is InChI=1S/C11H16O3/c12-9-6-7-10(13)14-11(9)8-4-2-1-3-5-8/h6-8,10-11,13H,1-5H2. The van der Waals surface area contributed by atoms with E-state index < -0.39 is 12.4 Å². The summed E-state index contributed by atoms with van der Waals surface area (Å²) in [5, 5.41) is 9.27. The highest BCUT2D eigenvalue weighted by molar-refractivity contribution is 5.94. The molecular weight excluding hydrogens is 180 g/mol. The number of aliphatic hydroxyl groups excluding tert-OH is 1. The maximum atomic E-state index is 11.5. The van der Waals surface area contributed by atoms with Gasteiger partial charge in [0.05, 0.1) is 0 Å². The lowest BCUT2D eigenvalue weighted by molar-refractivity contribution is -0.158. The van der Waals surface area contributed by atoms with Gasteiger partial charge in [-0.25, -0.2) is 0 Å². The van der Waals surface area contributed by atoms with Gasteiger partial charge in [0, 0.05) is 0 Å².